The molecule has 0 radical (unpaired) electrons. The van der Waals surface area contributed by atoms with Crippen LogP contribution in [0.2, 0.25) is 0 Å². The van der Waals surface area contributed by atoms with Gasteiger partial charge in [-0.1, -0.05) is 36.4 Å². The minimum Gasteiger partial charge on any atom is -0.447 e. The highest BCUT2D eigenvalue weighted by atomic mass is 16.7. The number of hydrogen-bond acceptors (Lipinski definition) is 10. The fraction of sp³-hybridized carbons (Fsp3) is 0.182. The monoisotopic (exact) mass is 440 g/mol. The van der Waals surface area contributed by atoms with Crippen LogP contribution in [0.3, 0.4) is 0 Å². The molecule has 0 aromatic heterocycles. The van der Waals surface area contributed by atoms with Crippen LogP contribution in [0.4, 0.5) is 0 Å². The molecule has 1 aliphatic heterocycles. The van der Waals surface area contributed by atoms with Crippen molar-refractivity contribution in [1.29, 1.82) is 0 Å². The lowest BCUT2D eigenvalue weighted by molar-refractivity contribution is -0.197. The van der Waals surface area contributed by atoms with Crippen molar-refractivity contribution >= 4 is 35.8 Å². The summed E-state index contributed by atoms with van der Waals surface area (Å²) in [6, 6.07) is 15.3. The minimum atomic E-state index is -1.64. The molecule has 0 spiro atoms. The largest absolute Gasteiger partial charge is 0.447 e. The molecule has 1 aliphatic rings. The van der Waals surface area contributed by atoms with Crippen LogP contribution in [0.1, 0.15) is 33.6 Å². The summed E-state index contributed by atoms with van der Waals surface area (Å²) >= 11 is 0. The molecule has 0 aliphatic carbocycles. The Morgan fingerprint density at radius 3 is 1.31 bits per heavy atom. The molecule has 1 heterocycles. The van der Waals surface area contributed by atoms with Crippen LogP contribution >= 0.6 is 0 Å². The van der Waals surface area contributed by atoms with Gasteiger partial charge in [-0.25, -0.2) is 19.2 Å². The fourth-order valence-corrected chi connectivity index (χ4v) is 2.64. The minimum absolute atomic E-state index is 0.118. The van der Waals surface area contributed by atoms with E-state index in [9.17, 15) is 28.8 Å². The lowest BCUT2D eigenvalue weighted by Crippen LogP contribution is -2.46. The van der Waals surface area contributed by atoms with Crippen molar-refractivity contribution in [3.05, 3.63) is 71.8 Å². The Morgan fingerprint density at radius 2 is 0.969 bits per heavy atom. The third-order valence-electron chi connectivity index (χ3n) is 4.18. The van der Waals surface area contributed by atoms with E-state index in [2.05, 4.69) is 9.47 Å². The highest BCUT2D eigenvalue weighted by Gasteiger charge is 2.41. The fourth-order valence-electron chi connectivity index (χ4n) is 2.64. The molecule has 1 saturated heterocycles. The topological polar surface area (TPSA) is 139 Å². The lowest BCUT2D eigenvalue weighted by Gasteiger charge is -2.26. The molecule has 3 rings (SSSR count). The number of carbonyl (C=O) groups excluding carboxylic acids is 6. The van der Waals surface area contributed by atoms with Crippen molar-refractivity contribution in [2.24, 2.45) is 0 Å². The number of ether oxygens (including phenoxy) is 4. The van der Waals surface area contributed by atoms with Gasteiger partial charge in [0.05, 0.1) is 24.0 Å². The SMILES string of the molecule is O=C(CC1OC(=O)C(CC(=O)OC(=O)c2ccccc2)OC1=O)OC(=O)c1ccccc1. The summed E-state index contributed by atoms with van der Waals surface area (Å²) in [4.78, 5) is 71.6. The molecule has 164 valence electrons. The van der Waals surface area contributed by atoms with Crippen molar-refractivity contribution in [2.75, 3.05) is 0 Å². The first kappa shape index (κ1) is 22.3. The number of benzene rings is 2. The molecule has 1 fully saturated rings. The Morgan fingerprint density at radius 1 is 0.625 bits per heavy atom. The molecule has 2 unspecified atom stereocenters. The quantitative estimate of drug-likeness (QED) is 0.367. The maximum Gasteiger partial charge on any atom is 0.348 e. The molecule has 2 aromatic carbocycles. The van der Waals surface area contributed by atoms with E-state index in [-0.39, 0.29) is 11.1 Å². The second-order valence-corrected chi connectivity index (χ2v) is 6.51. The van der Waals surface area contributed by atoms with E-state index >= 15 is 0 Å². The third kappa shape index (κ3) is 5.85. The van der Waals surface area contributed by atoms with E-state index in [4.69, 9.17) is 9.47 Å². The zero-order valence-electron chi connectivity index (χ0n) is 16.4. The maximum atomic E-state index is 12.1. The van der Waals surface area contributed by atoms with Crippen molar-refractivity contribution < 1.29 is 47.7 Å². The summed E-state index contributed by atoms with van der Waals surface area (Å²) in [7, 11) is 0. The molecule has 2 atom stereocenters. The van der Waals surface area contributed by atoms with Gasteiger partial charge in [0.15, 0.2) is 0 Å². The summed E-state index contributed by atoms with van der Waals surface area (Å²) in [5.41, 5.74) is 0.236. The van der Waals surface area contributed by atoms with Crippen LogP contribution in [-0.2, 0) is 38.1 Å². The molecule has 32 heavy (non-hydrogen) atoms. The van der Waals surface area contributed by atoms with Crippen LogP contribution in [-0.4, -0.2) is 48.0 Å². The lowest BCUT2D eigenvalue weighted by atomic mass is 10.2. The Hall–Kier alpha value is -4.34. The average molecular weight is 440 g/mol. The standard InChI is InChI=1S/C22H16O10/c23-17(31-19(25)13-7-3-1-4-8-13)11-15-21(27)30-16(22(28)29-15)12-18(24)32-20(26)14-9-5-2-6-10-14/h1-10,15-16H,11-12H2. The van der Waals surface area contributed by atoms with Gasteiger partial charge in [-0.2, -0.15) is 0 Å². The van der Waals surface area contributed by atoms with Crippen molar-refractivity contribution in [3.8, 4) is 0 Å². The van der Waals surface area contributed by atoms with Gasteiger partial charge in [-0.3, -0.25) is 9.59 Å². The number of rotatable bonds is 6. The van der Waals surface area contributed by atoms with Crippen molar-refractivity contribution in [1.82, 2.24) is 0 Å². The van der Waals surface area contributed by atoms with Crippen LogP contribution in [0.15, 0.2) is 60.7 Å². The highest BCUT2D eigenvalue weighted by Crippen LogP contribution is 2.18. The second kappa shape index (κ2) is 10.1. The van der Waals surface area contributed by atoms with Crippen molar-refractivity contribution in [3.63, 3.8) is 0 Å². The smallest absolute Gasteiger partial charge is 0.348 e. The summed E-state index contributed by atoms with van der Waals surface area (Å²) in [5.74, 6) is -6.31. The Kier molecular flexibility index (Phi) is 7.06. The molecule has 10 nitrogen and oxygen atoms in total. The Bertz CT molecular complexity index is 959. The van der Waals surface area contributed by atoms with E-state index in [1.165, 1.54) is 24.3 Å². The van der Waals surface area contributed by atoms with E-state index in [0.717, 1.165) is 0 Å². The zero-order chi connectivity index (χ0) is 23.1. The first-order chi connectivity index (χ1) is 15.3. The molecular weight excluding hydrogens is 424 g/mol. The van der Waals surface area contributed by atoms with Crippen molar-refractivity contribution in [2.45, 2.75) is 25.0 Å². The predicted molar refractivity (Wildman–Crippen MR) is 103 cm³/mol. The van der Waals surface area contributed by atoms with Crippen LogP contribution in [0, 0.1) is 0 Å². The first-order valence-corrected chi connectivity index (χ1v) is 9.34. The molecule has 2 aromatic rings. The van der Waals surface area contributed by atoms with Gasteiger partial charge in [0.1, 0.15) is 0 Å². The number of cyclic esters (lactones) is 2. The van der Waals surface area contributed by atoms with E-state index in [1.54, 1.807) is 36.4 Å². The van der Waals surface area contributed by atoms with E-state index in [1.807, 2.05) is 0 Å². The summed E-state index contributed by atoms with van der Waals surface area (Å²) in [6.07, 6.45) is -4.80. The van der Waals surface area contributed by atoms with E-state index < -0.39 is 60.9 Å². The number of hydrogen-bond donors (Lipinski definition) is 0. The third-order valence-corrected chi connectivity index (χ3v) is 4.18. The van der Waals surface area contributed by atoms with Gasteiger partial charge in [-0.15, -0.1) is 0 Å². The Labute approximate surface area is 181 Å². The summed E-state index contributed by atoms with van der Waals surface area (Å²) in [6.45, 7) is 0. The average Bonchev–Trinajstić information content (AvgIpc) is 2.78. The van der Waals surface area contributed by atoms with Crippen LogP contribution in [0.25, 0.3) is 0 Å². The van der Waals surface area contributed by atoms with Gasteiger partial charge in [0.25, 0.3) is 0 Å². The van der Waals surface area contributed by atoms with Crippen LogP contribution in [0.5, 0.6) is 0 Å². The van der Waals surface area contributed by atoms with Gasteiger partial charge in [0, 0.05) is 0 Å². The summed E-state index contributed by atoms with van der Waals surface area (Å²) in [5, 5.41) is 0. The number of carbonyl (C=O) groups is 6. The van der Waals surface area contributed by atoms with Gasteiger partial charge < -0.3 is 18.9 Å². The molecule has 0 bridgehead atoms. The molecule has 10 heteroatoms. The normalized spacial score (nSPS) is 17.5. The second-order valence-electron chi connectivity index (χ2n) is 6.51. The van der Waals surface area contributed by atoms with Gasteiger partial charge >= 0.3 is 35.8 Å². The molecular formula is C22H16O10. The van der Waals surface area contributed by atoms with E-state index in [0.29, 0.717) is 0 Å². The van der Waals surface area contributed by atoms with Gasteiger partial charge in [0.2, 0.25) is 12.2 Å². The van der Waals surface area contributed by atoms with Crippen LogP contribution < -0.4 is 0 Å². The molecule has 0 N–H and O–H groups in total. The molecule has 0 saturated carbocycles. The maximum absolute atomic E-state index is 12.1. The summed E-state index contributed by atoms with van der Waals surface area (Å²) < 4.78 is 18.9. The molecule has 0 amide bonds. The Balaban J connectivity index is 1.49. The first-order valence-electron chi connectivity index (χ1n) is 9.34. The predicted octanol–water partition coefficient (Wildman–Crippen LogP) is 1.37. The zero-order valence-corrected chi connectivity index (χ0v) is 16.4. The highest BCUT2D eigenvalue weighted by molar-refractivity contribution is 6.00. The van der Waals surface area contributed by atoms with Gasteiger partial charge in [-0.05, 0) is 24.3 Å². The number of esters is 6.